The van der Waals surface area contributed by atoms with E-state index in [4.69, 9.17) is 0 Å². The molecule has 1 heterocycles. The molecule has 1 aromatic rings. The van der Waals surface area contributed by atoms with Gasteiger partial charge in [0, 0.05) is 12.4 Å². The van der Waals surface area contributed by atoms with Crippen LogP contribution >= 0.6 is 0 Å². The van der Waals surface area contributed by atoms with Crippen molar-refractivity contribution in [2.45, 2.75) is 12.3 Å². The van der Waals surface area contributed by atoms with E-state index in [1.807, 2.05) is 12.1 Å². The number of nitrogens with zero attached hydrogens (tertiary/aromatic N) is 1. The van der Waals surface area contributed by atoms with Gasteiger partial charge in [0.25, 0.3) is 0 Å². The van der Waals surface area contributed by atoms with Gasteiger partial charge in [-0.3, -0.25) is 14.6 Å². The minimum atomic E-state index is -0.829. The molecule has 0 unspecified atom stereocenters. The summed E-state index contributed by atoms with van der Waals surface area (Å²) in [6, 6.07) is 3.79. The Hall–Kier alpha value is -1.91. The lowest BCUT2D eigenvalue weighted by Crippen LogP contribution is -2.28. The van der Waals surface area contributed by atoms with Crippen LogP contribution in [0.3, 0.4) is 0 Å². The summed E-state index contributed by atoms with van der Waals surface area (Å²) in [6.45, 7) is 0. The number of carbonyl (C=O) groups excluding carboxylic acids is 2. The Morgan fingerprint density at radius 1 is 1.33 bits per heavy atom. The highest BCUT2D eigenvalue weighted by atomic mass is 16.5. The number of aromatic nitrogens is 1. The molecule has 96 valence electrons. The molecule has 0 N–H and O–H groups in total. The predicted octanol–water partition coefficient (Wildman–Crippen LogP) is 1.15. The van der Waals surface area contributed by atoms with Crippen molar-refractivity contribution in [2.75, 3.05) is 14.2 Å². The normalized spacial score (nSPS) is 21.5. The van der Waals surface area contributed by atoms with Crippen LogP contribution in [0.2, 0.25) is 0 Å². The van der Waals surface area contributed by atoms with Gasteiger partial charge in [0.05, 0.1) is 14.2 Å². The maximum absolute atomic E-state index is 11.6. The number of esters is 2. The summed E-state index contributed by atoms with van der Waals surface area (Å²) >= 11 is 0. The van der Waals surface area contributed by atoms with Crippen LogP contribution in [0, 0.1) is 11.8 Å². The van der Waals surface area contributed by atoms with E-state index >= 15 is 0 Å². The van der Waals surface area contributed by atoms with E-state index in [0.717, 1.165) is 12.0 Å². The van der Waals surface area contributed by atoms with Gasteiger partial charge >= 0.3 is 11.9 Å². The van der Waals surface area contributed by atoms with Crippen LogP contribution in [0.5, 0.6) is 0 Å². The predicted molar refractivity (Wildman–Crippen MR) is 62.6 cm³/mol. The van der Waals surface area contributed by atoms with E-state index in [1.165, 1.54) is 14.2 Å². The lowest BCUT2D eigenvalue weighted by molar-refractivity contribution is -0.159. The Morgan fingerprint density at radius 2 is 2.00 bits per heavy atom. The van der Waals surface area contributed by atoms with Gasteiger partial charge in [0.2, 0.25) is 0 Å². The molecule has 0 amide bonds. The lowest BCUT2D eigenvalue weighted by atomic mass is 10.00. The van der Waals surface area contributed by atoms with Gasteiger partial charge in [-0.15, -0.1) is 0 Å². The number of pyridine rings is 1. The first-order valence-electron chi connectivity index (χ1n) is 5.74. The quantitative estimate of drug-likeness (QED) is 0.591. The molecule has 5 heteroatoms. The molecular formula is C13H15NO4. The highest BCUT2D eigenvalue weighted by Gasteiger charge is 2.51. The zero-order valence-electron chi connectivity index (χ0n) is 10.3. The van der Waals surface area contributed by atoms with E-state index in [2.05, 4.69) is 14.5 Å². The summed E-state index contributed by atoms with van der Waals surface area (Å²) in [5.41, 5.74) is 1.04. The fourth-order valence-corrected chi connectivity index (χ4v) is 2.26. The minimum absolute atomic E-state index is 0.0471. The summed E-state index contributed by atoms with van der Waals surface area (Å²) in [5, 5.41) is 0. The first-order chi connectivity index (χ1) is 8.69. The Kier molecular flexibility index (Phi) is 3.60. The maximum atomic E-state index is 11.6. The Bertz CT molecular complexity index is 430. The van der Waals surface area contributed by atoms with Crippen molar-refractivity contribution in [3.63, 3.8) is 0 Å². The van der Waals surface area contributed by atoms with Crippen LogP contribution in [0.4, 0.5) is 0 Å². The lowest BCUT2D eigenvalue weighted by Gasteiger charge is -2.11. The van der Waals surface area contributed by atoms with Crippen LogP contribution in [0.1, 0.15) is 17.9 Å². The molecule has 1 fully saturated rings. The molecule has 0 radical (unpaired) electrons. The minimum Gasteiger partial charge on any atom is -0.468 e. The van der Waals surface area contributed by atoms with E-state index in [0.29, 0.717) is 0 Å². The van der Waals surface area contributed by atoms with Crippen LogP contribution in [-0.2, 0) is 19.1 Å². The number of hydrogen-bond donors (Lipinski definition) is 0. The molecule has 18 heavy (non-hydrogen) atoms. The third kappa shape index (κ3) is 2.34. The van der Waals surface area contributed by atoms with Gasteiger partial charge in [0.15, 0.2) is 5.92 Å². The van der Waals surface area contributed by atoms with Crippen molar-refractivity contribution in [1.29, 1.82) is 0 Å². The van der Waals surface area contributed by atoms with Gasteiger partial charge in [-0.05, 0) is 29.9 Å². The van der Waals surface area contributed by atoms with E-state index < -0.39 is 17.9 Å². The number of ether oxygens (including phenoxy) is 2. The highest BCUT2D eigenvalue weighted by molar-refractivity contribution is 5.95. The molecular weight excluding hydrogens is 234 g/mol. The van der Waals surface area contributed by atoms with E-state index in [-0.39, 0.29) is 11.8 Å². The van der Waals surface area contributed by atoms with E-state index in [1.54, 1.807) is 12.4 Å². The molecule has 5 nitrogen and oxygen atoms in total. The Morgan fingerprint density at radius 3 is 2.50 bits per heavy atom. The third-order valence-electron chi connectivity index (χ3n) is 3.29. The Balaban J connectivity index is 2.12. The average Bonchev–Trinajstić information content (AvgIpc) is 3.19. The zero-order chi connectivity index (χ0) is 13.1. The molecule has 0 aliphatic heterocycles. The molecule has 2 rings (SSSR count). The summed E-state index contributed by atoms with van der Waals surface area (Å²) in [6.07, 6.45) is 4.23. The standard InChI is InChI=1S/C13H15NO4/c1-17-12(15)11(13(16)18-2)10-6-9(10)8-4-3-5-14-7-8/h3-5,7,9-11H,6H2,1-2H3/t9-,10+/m0/s1. The monoisotopic (exact) mass is 249 g/mol. The fraction of sp³-hybridized carbons (Fsp3) is 0.462. The number of rotatable bonds is 4. The van der Waals surface area contributed by atoms with Gasteiger partial charge in [0.1, 0.15) is 0 Å². The number of carbonyl (C=O) groups is 2. The van der Waals surface area contributed by atoms with Gasteiger partial charge in [-0.25, -0.2) is 0 Å². The SMILES string of the molecule is COC(=O)C(C(=O)OC)[C@@H]1C[C@H]1c1cccnc1. The van der Waals surface area contributed by atoms with Crippen molar-refractivity contribution in [1.82, 2.24) is 4.98 Å². The number of methoxy groups -OCH3 is 2. The first-order valence-corrected chi connectivity index (χ1v) is 5.74. The topological polar surface area (TPSA) is 65.5 Å². The molecule has 1 aliphatic carbocycles. The van der Waals surface area contributed by atoms with Crippen LogP contribution in [-0.4, -0.2) is 31.1 Å². The smallest absolute Gasteiger partial charge is 0.320 e. The molecule has 1 aliphatic rings. The summed E-state index contributed by atoms with van der Waals surface area (Å²) < 4.78 is 9.33. The first kappa shape index (κ1) is 12.5. The van der Waals surface area contributed by atoms with Gasteiger partial charge in [-0.2, -0.15) is 0 Å². The van der Waals surface area contributed by atoms with Crippen LogP contribution in [0.25, 0.3) is 0 Å². The van der Waals surface area contributed by atoms with Crippen molar-refractivity contribution in [3.8, 4) is 0 Å². The molecule has 1 saturated carbocycles. The second-order valence-electron chi connectivity index (χ2n) is 4.32. The van der Waals surface area contributed by atoms with Crippen LogP contribution < -0.4 is 0 Å². The van der Waals surface area contributed by atoms with Crippen molar-refractivity contribution < 1.29 is 19.1 Å². The van der Waals surface area contributed by atoms with Crippen LogP contribution in [0.15, 0.2) is 24.5 Å². The molecule has 0 spiro atoms. The molecule has 2 atom stereocenters. The van der Waals surface area contributed by atoms with E-state index in [9.17, 15) is 9.59 Å². The zero-order valence-corrected chi connectivity index (χ0v) is 10.3. The fourth-order valence-electron chi connectivity index (χ4n) is 2.26. The highest BCUT2D eigenvalue weighted by Crippen LogP contribution is 2.52. The second-order valence-corrected chi connectivity index (χ2v) is 4.32. The average molecular weight is 249 g/mol. The molecule has 0 aromatic carbocycles. The Labute approximate surface area is 105 Å². The van der Waals surface area contributed by atoms with Crippen molar-refractivity contribution in [2.24, 2.45) is 11.8 Å². The maximum Gasteiger partial charge on any atom is 0.320 e. The van der Waals surface area contributed by atoms with Crippen molar-refractivity contribution >= 4 is 11.9 Å². The molecule has 1 aromatic heterocycles. The second kappa shape index (κ2) is 5.16. The largest absolute Gasteiger partial charge is 0.468 e. The third-order valence-corrected chi connectivity index (χ3v) is 3.29. The molecule has 0 bridgehead atoms. The van der Waals surface area contributed by atoms with Gasteiger partial charge in [-0.1, -0.05) is 6.07 Å². The number of hydrogen-bond acceptors (Lipinski definition) is 5. The van der Waals surface area contributed by atoms with Crippen molar-refractivity contribution in [3.05, 3.63) is 30.1 Å². The molecule has 0 saturated heterocycles. The van der Waals surface area contributed by atoms with Gasteiger partial charge < -0.3 is 9.47 Å². The summed E-state index contributed by atoms with van der Waals surface area (Å²) in [7, 11) is 2.56. The summed E-state index contributed by atoms with van der Waals surface area (Å²) in [4.78, 5) is 27.3. The summed E-state index contributed by atoms with van der Waals surface area (Å²) in [5.74, 6) is -1.75.